The van der Waals surface area contributed by atoms with Crippen molar-refractivity contribution >= 4 is 5.91 Å². The van der Waals surface area contributed by atoms with Crippen molar-refractivity contribution in [3.8, 4) is 0 Å². The molecule has 0 bridgehead atoms. The SMILES string of the molecule is CCn1cnnc1C1CN(C(=O)Cc2ccc(C)cc2)CC12CCOCC2. The van der Waals surface area contributed by atoms with E-state index in [-0.39, 0.29) is 17.2 Å². The number of hydrogen-bond donors (Lipinski definition) is 0. The molecule has 2 aliphatic rings. The van der Waals surface area contributed by atoms with Gasteiger partial charge in [-0.25, -0.2) is 0 Å². The van der Waals surface area contributed by atoms with Crippen molar-refractivity contribution in [1.82, 2.24) is 19.7 Å². The Bertz CT molecular complexity index is 793. The van der Waals surface area contributed by atoms with E-state index in [4.69, 9.17) is 4.74 Å². The van der Waals surface area contributed by atoms with Crippen molar-refractivity contribution in [1.29, 1.82) is 0 Å². The molecule has 6 heteroatoms. The quantitative estimate of drug-likeness (QED) is 0.832. The Morgan fingerprint density at radius 1 is 1.26 bits per heavy atom. The van der Waals surface area contributed by atoms with Crippen LogP contribution in [-0.2, 0) is 22.5 Å². The van der Waals surface area contributed by atoms with Gasteiger partial charge in [0.1, 0.15) is 12.2 Å². The number of amides is 1. The summed E-state index contributed by atoms with van der Waals surface area (Å²) >= 11 is 0. The fraction of sp³-hybridized carbons (Fsp3) is 0.571. The zero-order valence-corrected chi connectivity index (χ0v) is 16.2. The fourth-order valence-corrected chi connectivity index (χ4v) is 4.57. The van der Waals surface area contributed by atoms with Gasteiger partial charge in [-0.2, -0.15) is 0 Å². The maximum Gasteiger partial charge on any atom is 0.227 e. The predicted molar refractivity (Wildman–Crippen MR) is 102 cm³/mol. The molecule has 144 valence electrons. The van der Waals surface area contributed by atoms with Crippen LogP contribution in [0.5, 0.6) is 0 Å². The number of rotatable bonds is 4. The number of ether oxygens (including phenoxy) is 1. The Morgan fingerprint density at radius 3 is 2.70 bits per heavy atom. The van der Waals surface area contributed by atoms with Crippen LogP contribution in [0.2, 0.25) is 0 Å². The fourth-order valence-electron chi connectivity index (χ4n) is 4.57. The summed E-state index contributed by atoms with van der Waals surface area (Å²) in [5.74, 6) is 1.45. The van der Waals surface area contributed by atoms with Crippen molar-refractivity contribution in [2.75, 3.05) is 26.3 Å². The Morgan fingerprint density at radius 2 is 2.00 bits per heavy atom. The highest BCUT2D eigenvalue weighted by molar-refractivity contribution is 5.79. The van der Waals surface area contributed by atoms with Gasteiger partial charge in [0.2, 0.25) is 5.91 Å². The lowest BCUT2D eigenvalue weighted by Crippen LogP contribution is -2.38. The van der Waals surface area contributed by atoms with Crippen molar-refractivity contribution in [2.45, 2.75) is 45.6 Å². The molecule has 2 saturated heterocycles. The van der Waals surface area contributed by atoms with E-state index in [1.165, 1.54) is 5.56 Å². The van der Waals surface area contributed by atoms with Gasteiger partial charge in [0.15, 0.2) is 0 Å². The second-order valence-corrected chi connectivity index (χ2v) is 7.94. The van der Waals surface area contributed by atoms with Crippen molar-refractivity contribution < 1.29 is 9.53 Å². The molecule has 0 radical (unpaired) electrons. The number of aromatic nitrogens is 3. The molecule has 3 heterocycles. The number of carbonyl (C=O) groups excluding carboxylic acids is 1. The first-order valence-electron chi connectivity index (χ1n) is 9.90. The van der Waals surface area contributed by atoms with Crippen LogP contribution in [-0.4, -0.2) is 51.9 Å². The van der Waals surface area contributed by atoms with Gasteiger partial charge in [-0.3, -0.25) is 4.79 Å². The van der Waals surface area contributed by atoms with Crippen molar-refractivity contribution in [3.63, 3.8) is 0 Å². The normalized spacial score (nSPS) is 21.7. The molecule has 0 aliphatic carbocycles. The Kier molecular flexibility index (Phi) is 5.00. The molecule has 1 spiro atoms. The Balaban J connectivity index is 1.56. The van der Waals surface area contributed by atoms with Crippen molar-refractivity contribution in [3.05, 3.63) is 47.5 Å². The second kappa shape index (κ2) is 7.43. The molecule has 0 N–H and O–H groups in total. The smallest absolute Gasteiger partial charge is 0.227 e. The maximum atomic E-state index is 13.0. The van der Waals surface area contributed by atoms with Crippen LogP contribution in [0.1, 0.15) is 42.6 Å². The number of benzene rings is 1. The molecule has 2 fully saturated rings. The standard InChI is InChI=1S/C21H28N4O2/c1-3-24-15-22-23-20(24)18-13-25(14-21(18)8-10-27-11-9-21)19(26)12-17-6-4-16(2)5-7-17/h4-7,15,18H,3,8-14H2,1-2H3. The van der Waals surface area contributed by atoms with E-state index >= 15 is 0 Å². The third kappa shape index (κ3) is 3.50. The molecule has 6 nitrogen and oxygen atoms in total. The minimum absolute atomic E-state index is 0.0567. The van der Waals surface area contributed by atoms with E-state index in [0.29, 0.717) is 6.42 Å². The molecule has 1 aromatic carbocycles. The molecule has 1 amide bonds. The first-order valence-corrected chi connectivity index (χ1v) is 9.90. The number of aryl methyl sites for hydroxylation is 2. The van der Waals surface area contributed by atoms with E-state index < -0.39 is 0 Å². The molecule has 27 heavy (non-hydrogen) atoms. The third-order valence-electron chi connectivity index (χ3n) is 6.26. The summed E-state index contributed by atoms with van der Waals surface area (Å²) in [6, 6.07) is 8.25. The van der Waals surface area contributed by atoms with E-state index in [1.807, 2.05) is 4.90 Å². The van der Waals surface area contributed by atoms with Crippen LogP contribution in [0.3, 0.4) is 0 Å². The lowest BCUT2D eigenvalue weighted by atomic mass is 9.71. The van der Waals surface area contributed by atoms with Crippen LogP contribution in [0.25, 0.3) is 0 Å². The zero-order valence-electron chi connectivity index (χ0n) is 16.2. The first kappa shape index (κ1) is 18.2. The summed E-state index contributed by atoms with van der Waals surface area (Å²) in [6.45, 7) is 8.07. The second-order valence-electron chi connectivity index (χ2n) is 7.94. The van der Waals surface area contributed by atoms with Crippen molar-refractivity contribution in [2.24, 2.45) is 5.41 Å². The van der Waals surface area contributed by atoms with Crippen LogP contribution in [0.4, 0.5) is 0 Å². The van der Waals surface area contributed by atoms with Crippen LogP contribution < -0.4 is 0 Å². The van der Waals surface area contributed by atoms with Gasteiger partial charge in [0, 0.05) is 44.2 Å². The average molecular weight is 368 g/mol. The minimum Gasteiger partial charge on any atom is -0.381 e. The molecule has 2 aromatic rings. The monoisotopic (exact) mass is 368 g/mol. The van der Waals surface area contributed by atoms with Gasteiger partial charge in [-0.05, 0) is 32.3 Å². The lowest BCUT2D eigenvalue weighted by molar-refractivity contribution is -0.130. The maximum absolute atomic E-state index is 13.0. The highest BCUT2D eigenvalue weighted by Gasteiger charge is 2.50. The molecule has 1 unspecified atom stereocenters. The Labute approximate surface area is 160 Å². The van der Waals surface area contributed by atoms with Gasteiger partial charge in [-0.1, -0.05) is 29.8 Å². The third-order valence-corrected chi connectivity index (χ3v) is 6.26. The molecule has 1 aromatic heterocycles. The van der Waals surface area contributed by atoms with E-state index in [1.54, 1.807) is 6.33 Å². The molecule has 2 aliphatic heterocycles. The van der Waals surface area contributed by atoms with E-state index in [2.05, 4.69) is 52.9 Å². The number of hydrogen-bond acceptors (Lipinski definition) is 4. The molecule has 4 rings (SSSR count). The summed E-state index contributed by atoms with van der Waals surface area (Å²) in [5, 5.41) is 8.58. The summed E-state index contributed by atoms with van der Waals surface area (Å²) in [5.41, 5.74) is 2.35. The summed E-state index contributed by atoms with van der Waals surface area (Å²) < 4.78 is 7.76. The van der Waals surface area contributed by atoms with Crippen LogP contribution in [0.15, 0.2) is 30.6 Å². The zero-order chi connectivity index (χ0) is 18.9. The Hall–Kier alpha value is -2.21. The van der Waals surface area contributed by atoms with Gasteiger partial charge in [0.25, 0.3) is 0 Å². The van der Waals surface area contributed by atoms with Gasteiger partial charge < -0.3 is 14.2 Å². The van der Waals surface area contributed by atoms with Crippen LogP contribution in [0, 0.1) is 12.3 Å². The summed E-state index contributed by atoms with van der Waals surface area (Å²) in [6.07, 6.45) is 4.21. The lowest BCUT2D eigenvalue weighted by Gasteiger charge is -2.37. The van der Waals surface area contributed by atoms with E-state index in [9.17, 15) is 4.79 Å². The summed E-state index contributed by atoms with van der Waals surface area (Å²) in [4.78, 5) is 15.1. The van der Waals surface area contributed by atoms with E-state index in [0.717, 1.165) is 57.1 Å². The molecule has 0 saturated carbocycles. The highest BCUT2D eigenvalue weighted by atomic mass is 16.5. The highest BCUT2D eigenvalue weighted by Crippen LogP contribution is 2.49. The first-order chi connectivity index (χ1) is 13.1. The van der Waals surface area contributed by atoms with Gasteiger partial charge in [-0.15, -0.1) is 10.2 Å². The molecular weight excluding hydrogens is 340 g/mol. The number of likely N-dealkylation sites (tertiary alicyclic amines) is 1. The molecular formula is C21H28N4O2. The van der Waals surface area contributed by atoms with Gasteiger partial charge in [0.05, 0.1) is 6.42 Å². The largest absolute Gasteiger partial charge is 0.381 e. The number of carbonyl (C=O) groups is 1. The topological polar surface area (TPSA) is 60.2 Å². The van der Waals surface area contributed by atoms with Gasteiger partial charge >= 0.3 is 0 Å². The average Bonchev–Trinajstić information content (AvgIpc) is 3.28. The number of nitrogens with zero attached hydrogens (tertiary/aromatic N) is 4. The van der Waals surface area contributed by atoms with Crippen LogP contribution >= 0.6 is 0 Å². The molecule has 1 atom stereocenters. The summed E-state index contributed by atoms with van der Waals surface area (Å²) in [7, 11) is 0. The minimum atomic E-state index is 0.0567. The predicted octanol–water partition coefficient (Wildman–Crippen LogP) is 2.57.